The van der Waals surface area contributed by atoms with Gasteiger partial charge in [-0.3, -0.25) is 4.90 Å². The number of benzene rings is 1. The molecular formula is C16H26N2O2. The predicted molar refractivity (Wildman–Crippen MR) is 80.6 cm³/mol. The van der Waals surface area contributed by atoms with E-state index in [0.29, 0.717) is 12.6 Å². The maximum absolute atomic E-state index is 9.21. The Labute approximate surface area is 121 Å². The average molecular weight is 278 g/mol. The molecule has 0 aliphatic carbocycles. The van der Waals surface area contributed by atoms with Crippen molar-refractivity contribution >= 4 is 0 Å². The van der Waals surface area contributed by atoms with Crippen LogP contribution in [0.4, 0.5) is 0 Å². The molecule has 3 atom stereocenters. The van der Waals surface area contributed by atoms with Crippen LogP contribution in [0.25, 0.3) is 0 Å². The summed E-state index contributed by atoms with van der Waals surface area (Å²) in [7, 11) is 0. The number of morpholine rings is 1. The van der Waals surface area contributed by atoms with Gasteiger partial charge in [0.25, 0.3) is 0 Å². The van der Waals surface area contributed by atoms with Gasteiger partial charge in [-0.15, -0.1) is 0 Å². The molecule has 1 aliphatic heterocycles. The summed E-state index contributed by atoms with van der Waals surface area (Å²) in [6.45, 7) is 6.77. The molecule has 0 amide bonds. The van der Waals surface area contributed by atoms with Crippen LogP contribution in [0.15, 0.2) is 24.3 Å². The minimum atomic E-state index is -0.0547. The lowest BCUT2D eigenvalue weighted by molar-refractivity contribution is -0.0782. The first-order valence-electron chi connectivity index (χ1n) is 7.39. The van der Waals surface area contributed by atoms with E-state index in [-0.39, 0.29) is 18.8 Å². The zero-order chi connectivity index (χ0) is 14.5. The van der Waals surface area contributed by atoms with Crippen molar-refractivity contribution in [1.82, 2.24) is 4.90 Å². The fourth-order valence-corrected chi connectivity index (χ4v) is 2.76. The lowest BCUT2D eigenvalue weighted by Crippen LogP contribution is -2.50. The quantitative estimate of drug-likeness (QED) is 0.856. The Morgan fingerprint density at radius 3 is 2.90 bits per heavy atom. The third-order valence-electron chi connectivity index (χ3n) is 4.15. The topological polar surface area (TPSA) is 58.7 Å². The van der Waals surface area contributed by atoms with Gasteiger partial charge in [-0.2, -0.15) is 0 Å². The van der Waals surface area contributed by atoms with Gasteiger partial charge in [-0.05, 0) is 31.4 Å². The van der Waals surface area contributed by atoms with Gasteiger partial charge >= 0.3 is 0 Å². The highest BCUT2D eigenvalue weighted by Crippen LogP contribution is 2.20. The summed E-state index contributed by atoms with van der Waals surface area (Å²) in [5, 5.41) is 9.21. The summed E-state index contributed by atoms with van der Waals surface area (Å²) in [4.78, 5) is 2.36. The molecule has 1 aromatic rings. The van der Waals surface area contributed by atoms with Crippen LogP contribution in [-0.4, -0.2) is 48.5 Å². The second-order valence-corrected chi connectivity index (χ2v) is 5.73. The highest BCUT2D eigenvalue weighted by Gasteiger charge is 2.25. The molecule has 1 fully saturated rings. The molecule has 112 valence electrons. The Bertz CT molecular complexity index is 425. The lowest BCUT2D eigenvalue weighted by Gasteiger charge is -2.37. The number of aliphatic hydroxyl groups excluding tert-OH is 1. The van der Waals surface area contributed by atoms with Crippen molar-refractivity contribution in [2.75, 3.05) is 26.3 Å². The van der Waals surface area contributed by atoms with Crippen molar-refractivity contribution in [3.63, 3.8) is 0 Å². The van der Waals surface area contributed by atoms with Crippen LogP contribution in [0.2, 0.25) is 0 Å². The molecule has 1 heterocycles. The third-order valence-corrected chi connectivity index (χ3v) is 4.15. The van der Waals surface area contributed by atoms with Crippen molar-refractivity contribution in [2.24, 2.45) is 5.73 Å². The van der Waals surface area contributed by atoms with Gasteiger partial charge in [0, 0.05) is 25.2 Å². The summed E-state index contributed by atoms with van der Waals surface area (Å²) < 4.78 is 5.56. The molecule has 0 aromatic heterocycles. The van der Waals surface area contributed by atoms with Crippen molar-refractivity contribution in [1.29, 1.82) is 0 Å². The van der Waals surface area contributed by atoms with E-state index in [1.165, 1.54) is 11.1 Å². The number of hydrogen-bond donors (Lipinski definition) is 2. The van der Waals surface area contributed by atoms with Crippen molar-refractivity contribution in [3.8, 4) is 0 Å². The van der Waals surface area contributed by atoms with Crippen LogP contribution in [0.5, 0.6) is 0 Å². The van der Waals surface area contributed by atoms with Gasteiger partial charge in [-0.1, -0.05) is 24.3 Å². The molecule has 1 saturated heterocycles. The number of ether oxygens (including phenoxy) is 1. The molecule has 0 bridgehead atoms. The Kier molecular flexibility index (Phi) is 5.54. The summed E-state index contributed by atoms with van der Waals surface area (Å²) in [5.41, 5.74) is 8.80. The minimum absolute atomic E-state index is 0.0547. The first-order valence-corrected chi connectivity index (χ1v) is 7.39. The van der Waals surface area contributed by atoms with Crippen molar-refractivity contribution in [3.05, 3.63) is 35.4 Å². The van der Waals surface area contributed by atoms with E-state index in [2.05, 4.69) is 30.9 Å². The molecule has 4 heteroatoms. The van der Waals surface area contributed by atoms with Gasteiger partial charge in [0.1, 0.15) is 0 Å². The molecule has 4 nitrogen and oxygen atoms in total. The number of nitrogens with zero attached hydrogens (tertiary/aromatic N) is 1. The van der Waals surface area contributed by atoms with Gasteiger partial charge in [0.05, 0.1) is 19.3 Å². The molecule has 0 spiro atoms. The smallest absolute Gasteiger partial charge is 0.0933 e. The second kappa shape index (κ2) is 7.18. The van der Waals surface area contributed by atoms with Gasteiger partial charge in [0.15, 0.2) is 0 Å². The standard InChI is InChI=1S/C16H26N2O2/c1-12-5-3-4-6-15(12)16(17)7-8-18-9-14(10-19)20-11-13(18)2/h3-6,13-14,16,19H,7-11,17H2,1-2H3. The van der Waals surface area contributed by atoms with E-state index >= 15 is 0 Å². The molecular weight excluding hydrogens is 252 g/mol. The Hall–Kier alpha value is -0.940. The monoisotopic (exact) mass is 278 g/mol. The number of rotatable bonds is 5. The molecule has 2 rings (SSSR count). The molecule has 20 heavy (non-hydrogen) atoms. The van der Waals surface area contributed by atoms with Gasteiger partial charge in [-0.25, -0.2) is 0 Å². The number of aryl methyl sites for hydroxylation is 1. The molecule has 0 radical (unpaired) electrons. The van der Waals surface area contributed by atoms with Crippen molar-refractivity contribution < 1.29 is 9.84 Å². The van der Waals surface area contributed by atoms with Crippen LogP contribution < -0.4 is 5.73 Å². The molecule has 0 saturated carbocycles. The van der Waals surface area contributed by atoms with Gasteiger partial charge < -0.3 is 15.6 Å². The first-order chi connectivity index (χ1) is 9.61. The predicted octanol–water partition coefficient (Wildman–Crippen LogP) is 1.47. The molecule has 3 unspecified atom stereocenters. The Morgan fingerprint density at radius 1 is 1.45 bits per heavy atom. The maximum Gasteiger partial charge on any atom is 0.0933 e. The van der Waals surface area contributed by atoms with Crippen LogP contribution in [0.1, 0.15) is 30.5 Å². The Morgan fingerprint density at radius 2 is 2.20 bits per heavy atom. The van der Waals surface area contributed by atoms with E-state index in [9.17, 15) is 5.11 Å². The fourth-order valence-electron chi connectivity index (χ4n) is 2.76. The second-order valence-electron chi connectivity index (χ2n) is 5.73. The number of hydrogen-bond acceptors (Lipinski definition) is 4. The van der Waals surface area contributed by atoms with E-state index in [1.54, 1.807) is 0 Å². The van der Waals surface area contributed by atoms with Crippen LogP contribution >= 0.6 is 0 Å². The summed E-state index contributed by atoms with van der Waals surface area (Å²) in [6, 6.07) is 8.76. The molecule has 3 N–H and O–H groups in total. The van der Waals surface area contributed by atoms with E-state index in [4.69, 9.17) is 10.5 Å². The van der Waals surface area contributed by atoms with Gasteiger partial charge in [0.2, 0.25) is 0 Å². The molecule has 1 aromatic carbocycles. The Balaban J connectivity index is 1.89. The molecule has 1 aliphatic rings. The van der Waals surface area contributed by atoms with E-state index in [1.807, 2.05) is 12.1 Å². The summed E-state index contributed by atoms with van der Waals surface area (Å²) >= 11 is 0. The zero-order valence-corrected chi connectivity index (χ0v) is 12.5. The maximum atomic E-state index is 9.21. The highest BCUT2D eigenvalue weighted by molar-refractivity contribution is 5.28. The van der Waals surface area contributed by atoms with Crippen LogP contribution in [-0.2, 0) is 4.74 Å². The zero-order valence-electron chi connectivity index (χ0n) is 12.5. The third kappa shape index (κ3) is 3.79. The fraction of sp³-hybridized carbons (Fsp3) is 0.625. The average Bonchev–Trinajstić information content (AvgIpc) is 2.46. The van der Waals surface area contributed by atoms with Crippen LogP contribution in [0.3, 0.4) is 0 Å². The van der Waals surface area contributed by atoms with E-state index in [0.717, 1.165) is 19.5 Å². The minimum Gasteiger partial charge on any atom is -0.394 e. The normalized spacial score (nSPS) is 25.6. The van der Waals surface area contributed by atoms with E-state index < -0.39 is 0 Å². The first kappa shape index (κ1) is 15.4. The summed E-state index contributed by atoms with van der Waals surface area (Å²) in [5.74, 6) is 0. The SMILES string of the molecule is Cc1ccccc1C(N)CCN1CC(CO)OCC1C. The lowest BCUT2D eigenvalue weighted by atomic mass is 9.99. The number of nitrogens with two attached hydrogens (primary N) is 1. The summed E-state index contributed by atoms with van der Waals surface area (Å²) in [6.07, 6.45) is 0.869. The number of aliphatic hydroxyl groups is 1. The highest BCUT2D eigenvalue weighted by atomic mass is 16.5. The van der Waals surface area contributed by atoms with Crippen molar-refractivity contribution in [2.45, 2.75) is 38.5 Å². The largest absolute Gasteiger partial charge is 0.394 e. The van der Waals surface area contributed by atoms with Crippen LogP contribution in [0, 0.1) is 6.92 Å².